The highest BCUT2D eigenvalue weighted by Gasteiger charge is 2.22. The smallest absolute Gasteiger partial charge is 0.387 e. The van der Waals surface area contributed by atoms with Crippen molar-refractivity contribution in [3.63, 3.8) is 0 Å². The zero-order valence-corrected chi connectivity index (χ0v) is 18.1. The van der Waals surface area contributed by atoms with Gasteiger partial charge in [0.05, 0.1) is 12.2 Å². The molecule has 0 spiro atoms. The maximum Gasteiger partial charge on any atom is 0.387 e. The lowest BCUT2D eigenvalue weighted by molar-refractivity contribution is -0.131. The van der Waals surface area contributed by atoms with Crippen LogP contribution in [0.15, 0.2) is 42.5 Å². The fraction of sp³-hybridized carbons (Fsp3) is 0.391. The van der Waals surface area contributed by atoms with Crippen LogP contribution in [0.4, 0.5) is 18.9 Å². The fourth-order valence-electron chi connectivity index (χ4n) is 3.58. The summed E-state index contributed by atoms with van der Waals surface area (Å²) >= 11 is 0. The number of nitrogens with zero attached hydrogens (tertiary/aromatic N) is 3. The van der Waals surface area contributed by atoms with Gasteiger partial charge in [-0.25, -0.2) is 4.39 Å². The molecule has 0 aromatic heterocycles. The van der Waals surface area contributed by atoms with E-state index < -0.39 is 12.4 Å². The van der Waals surface area contributed by atoms with Crippen LogP contribution in [0.3, 0.4) is 0 Å². The molecule has 0 N–H and O–H groups in total. The highest BCUT2D eigenvalue weighted by Crippen LogP contribution is 2.22. The van der Waals surface area contributed by atoms with Gasteiger partial charge in [0.15, 0.2) is 5.78 Å². The number of likely N-dealkylation sites (N-methyl/N-ethyl adjacent to an activating group) is 1. The highest BCUT2D eigenvalue weighted by atomic mass is 19.3. The van der Waals surface area contributed by atoms with Gasteiger partial charge in [0.1, 0.15) is 11.6 Å². The van der Waals surface area contributed by atoms with E-state index in [1.807, 2.05) is 9.80 Å². The Labute approximate surface area is 185 Å². The lowest BCUT2D eigenvalue weighted by Gasteiger charge is -2.36. The number of halogens is 3. The van der Waals surface area contributed by atoms with Crippen molar-refractivity contribution in [3.05, 3.63) is 59.4 Å². The van der Waals surface area contributed by atoms with E-state index in [0.29, 0.717) is 44.0 Å². The fourth-order valence-corrected chi connectivity index (χ4v) is 3.58. The van der Waals surface area contributed by atoms with Crippen molar-refractivity contribution in [2.75, 3.05) is 44.7 Å². The molecule has 1 saturated heterocycles. The summed E-state index contributed by atoms with van der Waals surface area (Å²) in [5.41, 5.74) is 1.60. The number of amides is 1. The third-order valence-electron chi connectivity index (χ3n) is 5.42. The molecular formula is C23H26F3N3O3. The zero-order chi connectivity index (χ0) is 23.3. The van der Waals surface area contributed by atoms with Gasteiger partial charge in [-0.15, -0.1) is 0 Å². The predicted octanol–water partition coefficient (Wildman–Crippen LogP) is 3.41. The maximum atomic E-state index is 14.4. The summed E-state index contributed by atoms with van der Waals surface area (Å²) in [6.45, 7) is 1.46. The number of carbonyl (C=O) groups is 2. The second kappa shape index (κ2) is 10.5. The average molecular weight is 449 g/mol. The largest absolute Gasteiger partial charge is 0.435 e. The Morgan fingerprint density at radius 1 is 1.06 bits per heavy atom. The normalized spacial score (nSPS) is 14.5. The van der Waals surface area contributed by atoms with Gasteiger partial charge in [-0.2, -0.15) is 8.78 Å². The molecule has 32 heavy (non-hydrogen) atoms. The summed E-state index contributed by atoms with van der Waals surface area (Å²) in [7, 11) is 1.69. The third kappa shape index (κ3) is 6.23. The number of carbonyl (C=O) groups excluding carboxylic acids is 2. The standard InChI is InChI=1S/C23H26F3N3O3/c1-16(30)18-5-8-21(20(24)13-18)29-11-9-28(10-12-29)15-22(31)27(2)14-17-3-6-19(7-4-17)32-23(25)26/h3-8,13,23H,9-12,14-15H2,1-2H3. The molecule has 0 aliphatic carbocycles. The van der Waals surface area contributed by atoms with Crippen LogP contribution in [0, 0.1) is 5.82 Å². The molecule has 0 unspecified atom stereocenters. The molecule has 0 atom stereocenters. The van der Waals surface area contributed by atoms with Crippen LogP contribution in [-0.2, 0) is 11.3 Å². The lowest BCUT2D eigenvalue weighted by atomic mass is 10.1. The maximum absolute atomic E-state index is 14.4. The minimum absolute atomic E-state index is 0.0663. The third-order valence-corrected chi connectivity index (χ3v) is 5.42. The number of piperazine rings is 1. The molecule has 0 saturated carbocycles. The number of ketones is 1. The van der Waals surface area contributed by atoms with Gasteiger partial charge in [-0.3, -0.25) is 14.5 Å². The van der Waals surface area contributed by atoms with E-state index in [9.17, 15) is 22.8 Å². The van der Waals surface area contributed by atoms with Crippen molar-refractivity contribution < 1.29 is 27.5 Å². The van der Waals surface area contributed by atoms with Crippen molar-refractivity contribution in [1.29, 1.82) is 0 Å². The summed E-state index contributed by atoms with van der Waals surface area (Å²) in [5.74, 6) is -0.599. The molecule has 1 fully saturated rings. The van der Waals surface area contributed by atoms with E-state index in [0.717, 1.165) is 5.56 Å². The molecule has 3 rings (SSSR count). The van der Waals surface area contributed by atoms with Crippen molar-refractivity contribution in [2.45, 2.75) is 20.1 Å². The van der Waals surface area contributed by atoms with Crippen LogP contribution in [0.5, 0.6) is 5.75 Å². The number of rotatable bonds is 8. The average Bonchev–Trinajstić information content (AvgIpc) is 2.75. The van der Waals surface area contributed by atoms with Crippen LogP contribution in [0.2, 0.25) is 0 Å². The first kappa shape index (κ1) is 23.6. The van der Waals surface area contributed by atoms with Crippen molar-refractivity contribution in [2.24, 2.45) is 0 Å². The Hall–Kier alpha value is -3.07. The van der Waals surface area contributed by atoms with Gasteiger partial charge in [0.2, 0.25) is 5.91 Å². The van der Waals surface area contributed by atoms with E-state index in [1.54, 1.807) is 36.2 Å². The SMILES string of the molecule is CC(=O)c1ccc(N2CCN(CC(=O)N(C)Cc3ccc(OC(F)F)cc3)CC2)c(F)c1. The minimum atomic E-state index is -2.87. The monoisotopic (exact) mass is 449 g/mol. The van der Waals surface area contributed by atoms with E-state index >= 15 is 0 Å². The second-order valence-corrected chi connectivity index (χ2v) is 7.76. The summed E-state index contributed by atoms with van der Waals surface area (Å²) in [4.78, 5) is 29.5. The van der Waals surface area contributed by atoms with Gasteiger partial charge in [0, 0.05) is 45.3 Å². The van der Waals surface area contributed by atoms with E-state index in [2.05, 4.69) is 4.74 Å². The minimum Gasteiger partial charge on any atom is -0.435 e. The Kier molecular flexibility index (Phi) is 7.74. The lowest BCUT2D eigenvalue weighted by Crippen LogP contribution is -2.49. The molecule has 1 aliphatic rings. The summed E-state index contributed by atoms with van der Waals surface area (Å²) in [6, 6.07) is 10.7. The number of anilines is 1. The number of Topliss-reactive ketones (excluding diaryl/α,β-unsaturated/α-hetero) is 1. The molecule has 1 heterocycles. The number of ether oxygens (including phenoxy) is 1. The highest BCUT2D eigenvalue weighted by molar-refractivity contribution is 5.94. The van der Waals surface area contributed by atoms with Crippen molar-refractivity contribution >= 4 is 17.4 Å². The van der Waals surface area contributed by atoms with E-state index in [4.69, 9.17) is 0 Å². The van der Waals surface area contributed by atoms with Crippen LogP contribution < -0.4 is 9.64 Å². The first-order valence-corrected chi connectivity index (χ1v) is 10.3. The number of benzene rings is 2. The first-order valence-electron chi connectivity index (χ1n) is 10.3. The topological polar surface area (TPSA) is 53.1 Å². The quantitative estimate of drug-likeness (QED) is 0.579. The van der Waals surface area contributed by atoms with Gasteiger partial charge < -0.3 is 14.5 Å². The molecule has 172 valence electrons. The number of hydrogen-bond acceptors (Lipinski definition) is 5. The Balaban J connectivity index is 1.48. The molecule has 0 radical (unpaired) electrons. The summed E-state index contributed by atoms with van der Waals surface area (Å²) in [6.07, 6.45) is 0. The molecule has 0 bridgehead atoms. The first-order chi connectivity index (χ1) is 15.2. The molecule has 1 aliphatic heterocycles. The Bertz CT molecular complexity index is 945. The van der Waals surface area contributed by atoms with E-state index in [-0.39, 0.29) is 24.0 Å². The van der Waals surface area contributed by atoms with Crippen molar-refractivity contribution in [3.8, 4) is 5.75 Å². The summed E-state index contributed by atoms with van der Waals surface area (Å²) < 4.78 is 43.2. The zero-order valence-electron chi connectivity index (χ0n) is 18.1. The molecule has 2 aromatic rings. The van der Waals surface area contributed by atoms with Gasteiger partial charge >= 0.3 is 6.61 Å². The van der Waals surface area contributed by atoms with E-state index in [1.165, 1.54) is 25.1 Å². The molecule has 1 amide bonds. The molecule has 9 heteroatoms. The van der Waals surface area contributed by atoms with Crippen LogP contribution in [-0.4, -0.2) is 67.9 Å². The molecular weight excluding hydrogens is 423 g/mol. The van der Waals surface area contributed by atoms with Crippen LogP contribution in [0.1, 0.15) is 22.8 Å². The molecule has 6 nitrogen and oxygen atoms in total. The Morgan fingerprint density at radius 2 is 1.72 bits per heavy atom. The molecule has 2 aromatic carbocycles. The Morgan fingerprint density at radius 3 is 2.28 bits per heavy atom. The van der Waals surface area contributed by atoms with Crippen LogP contribution in [0.25, 0.3) is 0 Å². The second-order valence-electron chi connectivity index (χ2n) is 7.76. The van der Waals surface area contributed by atoms with Gasteiger partial charge in [-0.05, 0) is 42.8 Å². The van der Waals surface area contributed by atoms with Gasteiger partial charge in [-0.1, -0.05) is 12.1 Å². The predicted molar refractivity (Wildman–Crippen MR) is 115 cm³/mol. The number of alkyl halides is 2. The van der Waals surface area contributed by atoms with Gasteiger partial charge in [0.25, 0.3) is 0 Å². The summed E-state index contributed by atoms with van der Waals surface area (Å²) in [5, 5.41) is 0. The van der Waals surface area contributed by atoms with Crippen molar-refractivity contribution in [1.82, 2.24) is 9.80 Å². The van der Waals surface area contributed by atoms with Crippen LogP contribution >= 0.6 is 0 Å². The number of hydrogen-bond donors (Lipinski definition) is 0.